The van der Waals surface area contributed by atoms with E-state index in [-0.39, 0.29) is 6.10 Å². The molecule has 80 valence electrons. The van der Waals surface area contributed by atoms with Crippen molar-refractivity contribution in [2.75, 3.05) is 6.61 Å². The minimum absolute atomic E-state index is 0.381. The first-order valence-corrected chi connectivity index (χ1v) is 5.36. The highest BCUT2D eigenvalue weighted by Gasteiger charge is 2.14. The summed E-state index contributed by atoms with van der Waals surface area (Å²) in [5, 5.41) is 9.89. The largest absolute Gasteiger partial charge is 0.493 e. The predicted octanol–water partition coefficient (Wildman–Crippen LogP) is 2.62. The quantitative estimate of drug-likeness (QED) is 0.764. The van der Waals surface area contributed by atoms with E-state index in [0.29, 0.717) is 0 Å². The Balaban J connectivity index is 2.11. The molecule has 0 saturated heterocycles. The van der Waals surface area contributed by atoms with Crippen molar-refractivity contribution >= 4 is 0 Å². The van der Waals surface area contributed by atoms with Gasteiger partial charge in [-0.25, -0.2) is 0 Å². The molecule has 1 aromatic rings. The van der Waals surface area contributed by atoms with Crippen LogP contribution in [0.5, 0.6) is 5.75 Å². The number of aliphatic hydroxyl groups excluding tert-OH is 1. The van der Waals surface area contributed by atoms with Gasteiger partial charge in [0.25, 0.3) is 0 Å². The first-order chi connectivity index (χ1) is 7.31. The third-order valence-electron chi connectivity index (χ3n) is 2.74. The molecule has 0 saturated carbocycles. The maximum atomic E-state index is 9.89. The van der Waals surface area contributed by atoms with E-state index in [2.05, 4.69) is 12.6 Å². The van der Waals surface area contributed by atoms with Gasteiger partial charge in [0, 0.05) is 6.42 Å². The number of hydrogen-bond donors (Lipinski definition) is 1. The van der Waals surface area contributed by atoms with Gasteiger partial charge in [-0.05, 0) is 36.1 Å². The van der Waals surface area contributed by atoms with Crippen molar-refractivity contribution in [3.63, 3.8) is 0 Å². The summed E-state index contributed by atoms with van der Waals surface area (Å²) in [7, 11) is 0. The third-order valence-corrected chi connectivity index (χ3v) is 2.74. The molecule has 2 rings (SSSR count). The molecule has 1 atom stereocenters. The summed E-state index contributed by atoms with van der Waals surface area (Å²) < 4.78 is 5.42. The second-order valence-electron chi connectivity index (χ2n) is 3.85. The van der Waals surface area contributed by atoms with Crippen LogP contribution in [0.15, 0.2) is 30.9 Å². The molecular weight excluding hydrogens is 188 g/mol. The summed E-state index contributed by atoms with van der Waals surface area (Å²) >= 11 is 0. The first kappa shape index (κ1) is 10.2. The first-order valence-electron chi connectivity index (χ1n) is 5.36. The third kappa shape index (κ3) is 2.21. The van der Waals surface area contributed by atoms with Gasteiger partial charge >= 0.3 is 0 Å². The van der Waals surface area contributed by atoms with Gasteiger partial charge in [0.15, 0.2) is 0 Å². The van der Waals surface area contributed by atoms with E-state index in [1.165, 1.54) is 5.56 Å². The molecule has 0 bridgehead atoms. The molecule has 1 unspecified atom stereocenters. The summed E-state index contributed by atoms with van der Waals surface area (Å²) in [5.74, 6) is 0.967. The van der Waals surface area contributed by atoms with Gasteiger partial charge in [-0.2, -0.15) is 0 Å². The summed E-state index contributed by atoms with van der Waals surface area (Å²) in [5.41, 5.74) is 2.20. The molecule has 0 amide bonds. The SMILES string of the molecule is C=CCCC(O)c1ccc2c(c1)CCO2. The van der Waals surface area contributed by atoms with Gasteiger partial charge in [0.05, 0.1) is 12.7 Å². The van der Waals surface area contributed by atoms with E-state index in [1.54, 1.807) is 0 Å². The maximum absolute atomic E-state index is 9.89. The van der Waals surface area contributed by atoms with Crippen LogP contribution in [-0.4, -0.2) is 11.7 Å². The van der Waals surface area contributed by atoms with E-state index in [4.69, 9.17) is 4.74 Å². The monoisotopic (exact) mass is 204 g/mol. The fraction of sp³-hybridized carbons (Fsp3) is 0.385. The molecule has 1 heterocycles. The Morgan fingerprint density at radius 3 is 3.20 bits per heavy atom. The second-order valence-corrected chi connectivity index (χ2v) is 3.85. The van der Waals surface area contributed by atoms with Crippen molar-refractivity contribution in [3.8, 4) is 5.75 Å². The lowest BCUT2D eigenvalue weighted by molar-refractivity contribution is 0.168. The van der Waals surface area contributed by atoms with Gasteiger partial charge in [-0.15, -0.1) is 6.58 Å². The highest BCUT2D eigenvalue weighted by molar-refractivity contribution is 5.40. The molecule has 0 aliphatic carbocycles. The van der Waals surface area contributed by atoms with E-state index in [9.17, 15) is 5.11 Å². The van der Waals surface area contributed by atoms with Gasteiger partial charge < -0.3 is 9.84 Å². The molecule has 0 aromatic heterocycles. The fourth-order valence-corrected chi connectivity index (χ4v) is 1.86. The lowest BCUT2D eigenvalue weighted by Gasteiger charge is -2.10. The highest BCUT2D eigenvalue weighted by Crippen LogP contribution is 2.29. The van der Waals surface area contributed by atoms with E-state index in [0.717, 1.165) is 37.2 Å². The molecule has 2 nitrogen and oxygen atoms in total. The van der Waals surface area contributed by atoms with Gasteiger partial charge in [0.2, 0.25) is 0 Å². The number of aliphatic hydroxyl groups is 1. The fourth-order valence-electron chi connectivity index (χ4n) is 1.86. The molecule has 1 aliphatic heterocycles. The standard InChI is InChI=1S/C13H16O2/c1-2-3-4-12(14)10-5-6-13-11(9-10)7-8-15-13/h2,5-6,9,12,14H,1,3-4,7-8H2. The normalized spacial score (nSPS) is 15.5. The van der Waals surface area contributed by atoms with Crippen LogP contribution in [0.25, 0.3) is 0 Å². The number of benzene rings is 1. The summed E-state index contributed by atoms with van der Waals surface area (Å²) in [4.78, 5) is 0. The van der Waals surface area contributed by atoms with Crippen molar-refractivity contribution in [3.05, 3.63) is 42.0 Å². The van der Waals surface area contributed by atoms with Crippen LogP contribution in [0.1, 0.15) is 30.1 Å². The van der Waals surface area contributed by atoms with Crippen molar-refractivity contribution in [2.24, 2.45) is 0 Å². The molecule has 1 N–H and O–H groups in total. The van der Waals surface area contributed by atoms with Crippen LogP contribution >= 0.6 is 0 Å². The number of fused-ring (bicyclic) bond motifs is 1. The Morgan fingerprint density at radius 1 is 1.53 bits per heavy atom. The average Bonchev–Trinajstić information content (AvgIpc) is 2.72. The topological polar surface area (TPSA) is 29.5 Å². The Labute approximate surface area is 90.2 Å². The minimum atomic E-state index is -0.381. The van der Waals surface area contributed by atoms with Crippen molar-refractivity contribution in [1.29, 1.82) is 0 Å². The number of rotatable bonds is 4. The van der Waals surface area contributed by atoms with E-state index >= 15 is 0 Å². The Bertz CT molecular complexity index is 358. The second kappa shape index (κ2) is 4.49. The average molecular weight is 204 g/mol. The van der Waals surface area contributed by atoms with Gasteiger partial charge in [0.1, 0.15) is 5.75 Å². The zero-order chi connectivity index (χ0) is 10.7. The number of allylic oxidation sites excluding steroid dienone is 1. The zero-order valence-corrected chi connectivity index (χ0v) is 8.78. The zero-order valence-electron chi connectivity index (χ0n) is 8.78. The summed E-state index contributed by atoms with van der Waals surface area (Å²) in [6, 6.07) is 5.95. The van der Waals surface area contributed by atoms with Crippen molar-refractivity contribution in [1.82, 2.24) is 0 Å². The molecule has 0 spiro atoms. The van der Waals surface area contributed by atoms with Crippen LogP contribution in [0.3, 0.4) is 0 Å². The smallest absolute Gasteiger partial charge is 0.122 e. The van der Waals surface area contributed by atoms with Crippen LogP contribution in [0.4, 0.5) is 0 Å². The molecule has 1 aromatic carbocycles. The Morgan fingerprint density at radius 2 is 2.40 bits per heavy atom. The van der Waals surface area contributed by atoms with E-state index < -0.39 is 0 Å². The molecule has 0 radical (unpaired) electrons. The Kier molecular flexibility index (Phi) is 3.07. The van der Waals surface area contributed by atoms with Crippen molar-refractivity contribution < 1.29 is 9.84 Å². The molecular formula is C13H16O2. The maximum Gasteiger partial charge on any atom is 0.122 e. The molecule has 15 heavy (non-hydrogen) atoms. The van der Waals surface area contributed by atoms with Crippen LogP contribution in [0, 0.1) is 0 Å². The molecule has 1 aliphatic rings. The highest BCUT2D eigenvalue weighted by atomic mass is 16.5. The van der Waals surface area contributed by atoms with E-state index in [1.807, 2.05) is 18.2 Å². The Hall–Kier alpha value is -1.28. The lowest BCUT2D eigenvalue weighted by Crippen LogP contribution is -1.97. The van der Waals surface area contributed by atoms with Crippen molar-refractivity contribution in [2.45, 2.75) is 25.4 Å². The molecule has 0 fully saturated rings. The minimum Gasteiger partial charge on any atom is -0.493 e. The number of hydrogen-bond acceptors (Lipinski definition) is 2. The van der Waals surface area contributed by atoms with Gasteiger partial charge in [-0.3, -0.25) is 0 Å². The van der Waals surface area contributed by atoms with Crippen LogP contribution < -0.4 is 4.74 Å². The number of ether oxygens (including phenoxy) is 1. The van der Waals surface area contributed by atoms with Crippen LogP contribution in [-0.2, 0) is 6.42 Å². The summed E-state index contributed by atoms with van der Waals surface area (Å²) in [6.07, 6.45) is 3.99. The lowest BCUT2D eigenvalue weighted by atomic mass is 10.0. The molecule has 2 heteroatoms. The predicted molar refractivity (Wildman–Crippen MR) is 60.0 cm³/mol. The van der Waals surface area contributed by atoms with Gasteiger partial charge in [-0.1, -0.05) is 12.1 Å². The van der Waals surface area contributed by atoms with Crippen LogP contribution in [0.2, 0.25) is 0 Å². The summed E-state index contributed by atoms with van der Waals surface area (Å²) in [6.45, 7) is 4.42.